The summed E-state index contributed by atoms with van der Waals surface area (Å²) in [6.45, 7) is 4.74. The van der Waals surface area contributed by atoms with Gasteiger partial charge in [0, 0.05) is 0 Å². The Bertz CT molecular complexity index is 121. The van der Waals surface area contributed by atoms with Crippen molar-refractivity contribution in [2.24, 2.45) is 11.8 Å². The van der Waals surface area contributed by atoms with Crippen molar-refractivity contribution in [3.8, 4) is 0 Å². The van der Waals surface area contributed by atoms with Gasteiger partial charge in [0.15, 0.2) is 0 Å². The van der Waals surface area contributed by atoms with Crippen molar-refractivity contribution in [2.75, 3.05) is 0 Å². The van der Waals surface area contributed by atoms with E-state index >= 15 is 0 Å². The van der Waals surface area contributed by atoms with Crippen LogP contribution in [0.25, 0.3) is 0 Å². The van der Waals surface area contributed by atoms with Crippen LogP contribution < -0.4 is 0 Å². The van der Waals surface area contributed by atoms with Gasteiger partial charge in [-0.15, -0.1) is 0 Å². The molecule has 0 N–H and O–H groups in total. The molecule has 0 radical (unpaired) electrons. The average Bonchev–Trinajstić information content (AvgIpc) is 2.15. The van der Waals surface area contributed by atoms with Gasteiger partial charge < -0.3 is 0 Å². The maximum absolute atomic E-state index is 2.37. The Kier molecular flexibility index (Phi) is 4.42. The molecule has 0 nitrogen and oxygen atoms in total. The summed E-state index contributed by atoms with van der Waals surface area (Å²) in [5.41, 5.74) is 0. The van der Waals surface area contributed by atoms with Crippen LogP contribution in [0.2, 0.25) is 0 Å². The summed E-state index contributed by atoms with van der Waals surface area (Å²) in [5, 5.41) is 0. The first-order chi connectivity index (χ1) is 5.80. The van der Waals surface area contributed by atoms with Crippen LogP contribution in [0, 0.1) is 11.8 Å². The Morgan fingerprint density at radius 3 is 1.92 bits per heavy atom. The van der Waals surface area contributed by atoms with E-state index in [4.69, 9.17) is 0 Å². The molecule has 0 amide bonds. The zero-order valence-corrected chi connectivity index (χ0v) is 8.55. The molecule has 12 heavy (non-hydrogen) atoms. The molecular weight excluding hydrogens is 144 g/mol. The molecule has 0 spiro atoms. The average molecular weight is 166 g/mol. The van der Waals surface area contributed by atoms with Gasteiger partial charge in [0.2, 0.25) is 0 Å². The standard InChI is InChI=1S/C12H22/c1-11(2)12-9-7-5-3-4-6-8-10-12/h3-4,11-12H,5-10H2,1-2H3/b4-3+. The summed E-state index contributed by atoms with van der Waals surface area (Å²) in [7, 11) is 0. The minimum absolute atomic E-state index is 0.892. The molecular formula is C12H22. The number of rotatable bonds is 1. The van der Waals surface area contributed by atoms with Crippen LogP contribution >= 0.6 is 0 Å². The van der Waals surface area contributed by atoms with Crippen LogP contribution in [0.1, 0.15) is 52.4 Å². The molecule has 0 heterocycles. The van der Waals surface area contributed by atoms with E-state index in [1.807, 2.05) is 0 Å². The summed E-state index contributed by atoms with van der Waals surface area (Å²) >= 11 is 0. The second-order valence-corrected chi connectivity index (χ2v) is 4.34. The molecule has 0 fully saturated rings. The highest BCUT2D eigenvalue weighted by molar-refractivity contribution is 4.83. The zero-order chi connectivity index (χ0) is 8.81. The molecule has 0 aromatic rings. The highest BCUT2D eigenvalue weighted by atomic mass is 14.2. The Labute approximate surface area is 77.1 Å². The topological polar surface area (TPSA) is 0 Å². The smallest absolute Gasteiger partial charge is 0.0351 e. The Balaban J connectivity index is 2.34. The van der Waals surface area contributed by atoms with Gasteiger partial charge >= 0.3 is 0 Å². The molecule has 1 aliphatic carbocycles. The third-order valence-electron chi connectivity index (χ3n) is 3.00. The van der Waals surface area contributed by atoms with Crippen LogP contribution in [0.15, 0.2) is 12.2 Å². The normalized spacial score (nSPS) is 24.6. The van der Waals surface area contributed by atoms with Gasteiger partial charge in [-0.2, -0.15) is 0 Å². The van der Waals surface area contributed by atoms with E-state index in [1.165, 1.54) is 38.5 Å². The summed E-state index contributed by atoms with van der Waals surface area (Å²) in [4.78, 5) is 0. The maximum Gasteiger partial charge on any atom is -0.0351 e. The van der Waals surface area contributed by atoms with Crippen LogP contribution in [0.5, 0.6) is 0 Å². The van der Waals surface area contributed by atoms with E-state index in [0.29, 0.717) is 0 Å². The van der Waals surface area contributed by atoms with E-state index in [9.17, 15) is 0 Å². The fourth-order valence-corrected chi connectivity index (χ4v) is 2.04. The lowest BCUT2D eigenvalue weighted by Crippen LogP contribution is -2.08. The van der Waals surface area contributed by atoms with Gasteiger partial charge in [-0.3, -0.25) is 0 Å². The van der Waals surface area contributed by atoms with Crippen LogP contribution in [0.4, 0.5) is 0 Å². The Hall–Kier alpha value is -0.260. The van der Waals surface area contributed by atoms with Crippen LogP contribution in [0.3, 0.4) is 0 Å². The molecule has 0 atom stereocenters. The van der Waals surface area contributed by atoms with E-state index in [0.717, 1.165) is 11.8 Å². The van der Waals surface area contributed by atoms with E-state index in [1.54, 1.807) is 0 Å². The van der Waals surface area contributed by atoms with Crippen LogP contribution in [-0.4, -0.2) is 0 Å². The zero-order valence-electron chi connectivity index (χ0n) is 8.55. The fraction of sp³-hybridized carbons (Fsp3) is 0.833. The molecule has 0 aliphatic heterocycles. The van der Waals surface area contributed by atoms with Gasteiger partial charge in [0.25, 0.3) is 0 Å². The molecule has 0 heteroatoms. The molecule has 1 aliphatic rings. The highest BCUT2D eigenvalue weighted by Gasteiger charge is 2.12. The van der Waals surface area contributed by atoms with Crippen molar-refractivity contribution >= 4 is 0 Å². The fourth-order valence-electron chi connectivity index (χ4n) is 2.04. The molecule has 0 bridgehead atoms. The molecule has 70 valence electrons. The first-order valence-corrected chi connectivity index (χ1v) is 5.45. The molecule has 0 saturated carbocycles. The first kappa shape index (κ1) is 9.83. The van der Waals surface area contributed by atoms with Gasteiger partial charge in [0.05, 0.1) is 0 Å². The quantitative estimate of drug-likeness (QED) is 0.513. The second-order valence-electron chi connectivity index (χ2n) is 4.34. The monoisotopic (exact) mass is 166 g/mol. The van der Waals surface area contributed by atoms with Crippen molar-refractivity contribution in [3.63, 3.8) is 0 Å². The number of allylic oxidation sites excluding steroid dienone is 2. The van der Waals surface area contributed by atoms with Gasteiger partial charge in [-0.05, 0) is 50.4 Å². The second kappa shape index (κ2) is 5.40. The molecule has 0 saturated heterocycles. The van der Waals surface area contributed by atoms with Crippen molar-refractivity contribution in [1.82, 2.24) is 0 Å². The lowest BCUT2D eigenvalue weighted by atomic mass is 9.87. The maximum atomic E-state index is 2.37. The van der Waals surface area contributed by atoms with Crippen molar-refractivity contribution in [2.45, 2.75) is 52.4 Å². The van der Waals surface area contributed by atoms with Gasteiger partial charge in [-0.25, -0.2) is 0 Å². The Morgan fingerprint density at radius 2 is 1.50 bits per heavy atom. The molecule has 1 rings (SSSR count). The highest BCUT2D eigenvalue weighted by Crippen LogP contribution is 2.25. The van der Waals surface area contributed by atoms with Gasteiger partial charge in [0.1, 0.15) is 0 Å². The van der Waals surface area contributed by atoms with Crippen LogP contribution in [-0.2, 0) is 0 Å². The minimum Gasteiger partial charge on any atom is -0.0885 e. The SMILES string of the molecule is CC(C)C1CCC/C=C/CCC1. The largest absolute Gasteiger partial charge is 0.0885 e. The lowest BCUT2D eigenvalue weighted by Gasteiger charge is -2.19. The number of hydrogen-bond donors (Lipinski definition) is 0. The summed E-state index contributed by atoms with van der Waals surface area (Å²) in [6.07, 6.45) is 13.0. The molecule has 0 unspecified atom stereocenters. The third kappa shape index (κ3) is 3.42. The van der Waals surface area contributed by atoms with E-state index in [2.05, 4.69) is 26.0 Å². The van der Waals surface area contributed by atoms with Crippen molar-refractivity contribution in [1.29, 1.82) is 0 Å². The summed E-state index contributed by atoms with van der Waals surface area (Å²) in [5.74, 6) is 1.88. The first-order valence-electron chi connectivity index (χ1n) is 5.45. The van der Waals surface area contributed by atoms with Crippen molar-refractivity contribution < 1.29 is 0 Å². The molecule has 0 aromatic heterocycles. The van der Waals surface area contributed by atoms with E-state index in [-0.39, 0.29) is 0 Å². The van der Waals surface area contributed by atoms with E-state index < -0.39 is 0 Å². The summed E-state index contributed by atoms with van der Waals surface area (Å²) in [6, 6.07) is 0. The minimum atomic E-state index is 0.892. The number of hydrogen-bond acceptors (Lipinski definition) is 0. The van der Waals surface area contributed by atoms with Crippen molar-refractivity contribution in [3.05, 3.63) is 12.2 Å². The van der Waals surface area contributed by atoms with Gasteiger partial charge in [-0.1, -0.05) is 26.0 Å². The predicted molar refractivity (Wildman–Crippen MR) is 55.2 cm³/mol. The summed E-state index contributed by atoms with van der Waals surface area (Å²) < 4.78 is 0. The predicted octanol–water partition coefficient (Wildman–Crippen LogP) is 4.17. The molecule has 0 aromatic carbocycles. The Morgan fingerprint density at radius 1 is 1.00 bits per heavy atom. The lowest BCUT2D eigenvalue weighted by molar-refractivity contribution is 0.325. The third-order valence-corrected chi connectivity index (χ3v) is 3.00.